The average Bonchev–Trinajstić information content (AvgIpc) is 0.722. The minimum Gasteiger partial charge on any atom is -0.408 e. The maximum Gasteiger partial charge on any atom is 0.131 e. The molecule has 5 heavy (non-hydrogen) atoms. The molecule has 0 amide bonds. The third-order valence-corrected chi connectivity index (χ3v) is 0. The van der Waals surface area contributed by atoms with Crippen LogP contribution < -0.4 is 0 Å². The van der Waals surface area contributed by atoms with Gasteiger partial charge in [-0.1, -0.05) is 6.92 Å². The molecule has 0 aromatic carbocycles. The van der Waals surface area contributed by atoms with Crippen molar-refractivity contribution in [2.24, 2.45) is 0 Å². The van der Waals surface area contributed by atoms with Crippen molar-refractivity contribution < 1.29 is 5.11 Å². The second kappa shape index (κ2) is 1.05. The van der Waals surface area contributed by atoms with Crippen molar-refractivity contribution in [2.75, 3.05) is 0 Å². The largest absolute Gasteiger partial charge is 0.408 e. The molecule has 0 aliphatic carbocycles. The first-order valence-electron chi connectivity index (χ1n) is 1.72. The highest BCUT2D eigenvalue weighted by atomic mass is 16.3. The molecule has 0 radical (unpaired) electrons. The van der Waals surface area contributed by atoms with E-state index in [1.54, 1.807) is 22.6 Å². The van der Waals surface area contributed by atoms with E-state index in [9.17, 15) is 0 Å². The summed E-state index contributed by atoms with van der Waals surface area (Å²) < 4.78 is 0. The van der Waals surface area contributed by atoms with E-state index in [0.29, 0.717) is 0 Å². The van der Waals surface area contributed by atoms with E-state index in [1.807, 2.05) is 0 Å². The average molecular weight is 69.7 g/mol. The van der Waals surface area contributed by atoms with Crippen molar-refractivity contribution in [3.8, 4) is 0 Å². The van der Waals surface area contributed by atoms with Gasteiger partial charge in [-0.25, -0.2) is 0 Å². The zero-order chi connectivity index (χ0) is 4.50. The van der Waals surface area contributed by atoms with Gasteiger partial charge in [0.25, 0.3) is 0 Å². The summed E-state index contributed by atoms with van der Waals surface area (Å²) >= 11 is 0. The molecule has 0 saturated heterocycles. The molecule has 1 N–H and O–H groups in total. The molecule has 28 valence electrons. The maximum atomic E-state index is 8.52. The van der Waals surface area contributed by atoms with Gasteiger partial charge in [0, 0.05) is 0 Å². The lowest BCUT2D eigenvalue weighted by Crippen LogP contribution is -2.23. The topological polar surface area (TPSA) is 20.2 Å². The predicted octanol–water partition coefficient (Wildman–Crippen LogP) is -2.08. The molecule has 0 bridgehead atoms. The lowest BCUT2D eigenvalue weighted by molar-refractivity contribution is 0.234. The second-order valence-electron chi connectivity index (χ2n) is 2.17. The van der Waals surface area contributed by atoms with Crippen LogP contribution in [0.5, 0.6) is 0 Å². The minimum atomic E-state index is -0.500. The van der Waals surface area contributed by atoms with E-state index in [1.165, 1.54) is 0 Å². The molecule has 0 unspecified atom stereocenters. The van der Waals surface area contributed by atoms with Gasteiger partial charge in [0.1, 0.15) is 15.7 Å². The highest BCUT2D eigenvalue weighted by Crippen LogP contribution is 1.80. The summed E-state index contributed by atoms with van der Waals surface area (Å²) in [6.07, 6.45) is 0. The van der Waals surface area contributed by atoms with Crippen LogP contribution in [-0.2, 0) is 0 Å². The van der Waals surface area contributed by atoms with Gasteiger partial charge in [-0.2, -0.15) is 0 Å². The van der Waals surface area contributed by atoms with Crippen LogP contribution >= 0.6 is 0 Å². The van der Waals surface area contributed by atoms with Crippen molar-refractivity contribution in [3.05, 3.63) is 0 Å². The normalized spacial score (nSPS) is 11.6. The molecule has 0 aromatic rings. The van der Waals surface area contributed by atoms with Gasteiger partial charge in [-0.3, -0.25) is 0 Å². The molecular formula is C2H8B2O. The summed E-state index contributed by atoms with van der Waals surface area (Å²) in [5.74, 6) is 0. The Morgan fingerprint density at radius 3 is 1.60 bits per heavy atom. The van der Waals surface area contributed by atoms with Gasteiger partial charge in [-0.05, 0) is 5.40 Å². The Kier molecular flexibility index (Phi) is 1.07. The van der Waals surface area contributed by atoms with Gasteiger partial charge in [-0.15, -0.1) is 0 Å². The van der Waals surface area contributed by atoms with Crippen LogP contribution in [0.3, 0.4) is 0 Å². The lowest BCUT2D eigenvalue weighted by Gasteiger charge is -2.04. The quantitative estimate of drug-likeness (QED) is 0.324. The molecule has 3 heteroatoms. The van der Waals surface area contributed by atoms with Crippen LogP contribution in [-0.4, -0.2) is 26.2 Å². The Balaban J connectivity index is 3.02. The molecule has 0 fully saturated rings. The Bertz CT molecular complexity index is 23.1. The first-order chi connectivity index (χ1) is 2.00. The Morgan fingerprint density at radius 1 is 1.60 bits per heavy atom. The highest BCUT2D eigenvalue weighted by molar-refractivity contribution is 6.38. The summed E-state index contributed by atoms with van der Waals surface area (Å²) in [5, 5.41) is 8.02. The third kappa shape index (κ3) is 2210. The van der Waals surface area contributed by atoms with Crippen LogP contribution in [0.1, 0.15) is 6.92 Å². The summed E-state index contributed by atoms with van der Waals surface area (Å²) in [6, 6.07) is 0. The van der Waals surface area contributed by atoms with E-state index >= 15 is 0 Å². The van der Waals surface area contributed by atoms with E-state index in [4.69, 9.17) is 5.11 Å². The van der Waals surface area contributed by atoms with Crippen LogP contribution in [0, 0.1) is 0 Å². The van der Waals surface area contributed by atoms with E-state index in [-0.39, 0.29) is 0 Å². The first kappa shape index (κ1) is 5.09. The summed E-state index contributed by atoms with van der Waals surface area (Å²) in [7, 11) is 3.49. The second-order valence-corrected chi connectivity index (χ2v) is 2.17. The van der Waals surface area contributed by atoms with Gasteiger partial charge in [0.2, 0.25) is 0 Å². The molecule has 0 saturated carbocycles. The molecule has 0 spiro atoms. The third-order valence-electron chi connectivity index (χ3n) is 0. The number of hydrogen-bond donors (Lipinski definition) is 1. The molecule has 0 heterocycles. The Labute approximate surface area is 34.2 Å². The van der Waals surface area contributed by atoms with Gasteiger partial charge in [0.15, 0.2) is 0 Å². The monoisotopic (exact) mass is 70.1 g/mol. The summed E-state index contributed by atoms with van der Waals surface area (Å²) in [5.41, 5.74) is 0. The van der Waals surface area contributed by atoms with Gasteiger partial charge < -0.3 is 5.11 Å². The summed E-state index contributed by atoms with van der Waals surface area (Å²) in [4.78, 5) is 0. The number of hydrogen-bond acceptors (Lipinski definition) is 1. The van der Waals surface area contributed by atoms with E-state index in [2.05, 4.69) is 0 Å². The molecular weight excluding hydrogens is 61.6 g/mol. The molecule has 1 nitrogen and oxygen atoms in total. The molecule has 0 rings (SSSR count). The Morgan fingerprint density at radius 2 is 1.60 bits per heavy atom. The predicted molar refractivity (Wildman–Crippen MR) is 27.7 cm³/mol. The van der Waals surface area contributed by atoms with E-state index < -0.39 is 5.40 Å². The van der Waals surface area contributed by atoms with Gasteiger partial charge >= 0.3 is 0 Å². The number of rotatable bonds is 0. The Hall–Kier alpha value is 0.0899. The standard InChI is InChI=1S/C2H8B2O/c1-2(3,4)5/h5H,3-4H2,1H3. The smallest absolute Gasteiger partial charge is 0.131 e. The SMILES string of the molecule is BC(B)(C)O. The van der Waals surface area contributed by atoms with Gasteiger partial charge in [0.05, 0.1) is 0 Å². The minimum absolute atomic E-state index is 0.500. The van der Waals surface area contributed by atoms with Crippen LogP contribution in [0.4, 0.5) is 0 Å². The van der Waals surface area contributed by atoms with Crippen LogP contribution in [0.15, 0.2) is 0 Å². The zero-order valence-electron chi connectivity index (χ0n) is 3.95. The fourth-order valence-electron chi connectivity index (χ4n) is 0. The van der Waals surface area contributed by atoms with Crippen molar-refractivity contribution >= 4 is 15.7 Å². The summed E-state index contributed by atoms with van der Waals surface area (Å²) in [6.45, 7) is 1.74. The lowest BCUT2D eigenvalue weighted by atomic mass is 9.67. The fraction of sp³-hybridized carbons (Fsp3) is 1.00. The van der Waals surface area contributed by atoms with Crippen molar-refractivity contribution in [3.63, 3.8) is 0 Å². The molecule has 0 aliphatic heterocycles. The van der Waals surface area contributed by atoms with E-state index in [0.717, 1.165) is 0 Å². The van der Waals surface area contributed by atoms with Crippen LogP contribution in [0.25, 0.3) is 0 Å². The molecule has 0 aromatic heterocycles. The fourth-order valence-corrected chi connectivity index (χ4v) is 0. The maximum absolute atomic E-state index is 8.52. The van der Waals surface area contributed by atoms with Crippen molar-refractivity contribution in [1.82, 2.24) is 0 Å². The number of aliphatic hydroxyl groups is 1. The molecule has 0 aliphatic rings. The van der Waals surface area contributed by atoms with Crippen molar-refractivity contribution in [1.29, 1.82) is 0 Å². The van der Waals surface area contributed by atoms with Crippen molar-refractivity contribution in [2.45, 2.75) is 12.3 Å². The molecule has 0 atom stereocenters. The first-order valence-corrected chi connectivity index (χ1v) is 1.72. The van der Waals surface area contributed by atoms with Crippen LogP contribution in [0.2, 0.25) is 0 Å². The zero-order valence-corrected chi connectivity index (χ0v) is 3.95. The highest BCUT2D eigenvalue weighted by Gasteiger charge is 1.99.